The van der Waals surface area contributed by atoms with Crippen molar-refractivity contribution in [1.82, 2.24) is 20.1 Å². The Morgan fingerprint density at radius 1 is 1.23 bits per heavy atom. The number of carbonyl (C=O) groups is 2. The molecule has 1 atom stereocenters. The zero-order valence-corrected chi connectivity index (χ0v) is 22.9. The number of anilines is 1. The molecule has 35 heavy (non-hydrogen) atoms. The molecule has 0 spiro atoms. The second-order valence-electron chi connectivity index (χ2n) is 8.21. The average Bonchev–Trinajstić information content (AvgIpc) is 3.20. The van der Waals surface area contributed by atoms with Crippen LogP contribution in [0.4, 0.5) is 5.69 Å². The molecule has 2 aromatic carbocycles. The highest BCUT2D eigenvalue weighted by Gasteiger charge is 2.27. The van der Waals surface area contributed by atoms with Crippen LogP contribution in [-0.4, -0.2) is 32.3 Å². The second kappa shape index (κ2) is 12.4. The van der Waals surface area contributed by atoms with Crippen LogP contribution in [0.5, 0.6) is 0 Å². The molecular formula is C25H27BrClN5O2S. The van der Waals surface area contributed by atoms with Crippen LogP contribution in [0.15, 0.2) is 64.7 Å². The molecule has 1 aromatic heterocycles. The van der Waals surface area contributed by atoms with Crippen molar-refractivity contribution >= 4 is 56.8 Å². The molecule has 0 saturated carbocycles. The molecule has 10 heteroatoms. The monoisotopic (exact) mass is 575 g/mol. The van der Waals surface area contributed by atoms with Crippen LogP contribution < -0.4 is 10.6 Å². The van der Waals surface area contributed by atoms with E-state index in [4.69, 9.17) is 11.6 Å². The Balaban J connectivity index is 1.76. The van der Waals surface area contributed by atoms with E-state index in [2.05, 4.69) is 43.3 Å². The molecule has 3 aromatic rings. The Morgan fingerprint density at radius 2 is 1.97 bits per heavy atom. The minimum Gasteiger partial charge on any atom is -0.342 e. The number of aryl methyl sites for hydroxylation is 1. The highest BCUT2D eigenvalue weighted by Crippen LogP contribution is 2.27. The van der Waals surface area contributed by atoms with Crippen LogP contribution in [0, 0.1) is 12.8 Å². The molecule has 1 heterocycles. The Bertz CT molecular complexity index is 1230. The summed E-state index contributed by atoms with van der Waals surface area (Å²) in [6.45, 7) is 10.2. The summed E-state index contributed by atoms with van der Waals surface area (Å²) in [6, 6.07) is 12.2. The van der Waals surface area contributed by atoms with Gasteiger partial charge in [0.2, 0.25) is 5.91 Å². The van der Waals surface area contributed by atoms with Crippen molar-refractivity contribution in [2.75, 3.05) is 11.1 Å². The zero-order chi connectivity index (χ0) is 25.5. The van der Waals surface area contributed by atoms with E-state index in [1.807, 2.05) is 43.5 Å². The van der Waals surface area contributed by atoms with Gasteiger partial charge in [-0.15, -0.1) is 16.8 Å². The molecule has 3 rings (SSSR count). The maximum Gasteiger partial charge on any atom is 0.253 e. The highest BCUT2D eigenvalue weighted by molar-refractivity contribution is 9.10. The number of hydrogen-bond donors (Lipinski definition) is 2. The fraction of sp³-hybridized carbons (Fsp3) is 0.280. The number of benzene rings is 2. The number of halogens is 2. The van der Waals surface area contributed by atoms with Crippen molar-refractivity contribution in [2.45, 2.75) is 38.5 Å². The minimum atomic E-state index is -0.417. The number of nitrogens with zero attached hydrogens (tertiary/aromatic N) is 3. The number of rotatable bonds is 10. The van der Waals surface area contributed by atoms with E-state index in [-0.39, 0.29) is 23.5 Å². The van der Waals surface area contributed by atoms with Gasteiger partial charge in [0.1, 0.15) is 0 Å². The Kier molecular flexibility index (Phi) is 9.54. The minimum absolute atomic E-state index is 0.0238. The zero-order valence-electron chi connectivity index (χ0n) is 19.7. The van der Waals surface area contributed by atoms with Crippen LogP contribution in [0.1, 0.15) is 41.6 Å². The van der Waals surface area contributed by atoms with Gasteiger partial charge in [0.05, 0.1) is 22.4 Å². The first kappa shape index (κ1) is 27.0. The van der Waals surface area contributed by atoms with Crippen molar-refractivity contribution in [3.05, 3.63) is 81.6 Å². The van der Waals surface area contributed by atoms with Gasteiger partial charge >= 0.3 is 0 Å². The summed E-state index contributed by atoms with van der Waals surface area (Å²) in [7, 11) is 0. The van der Waals surface area contributed by atoms with Gasteiger partial charge in [-0.1, -0.05) is 71.3 Å². The number of allylic oxidation sites excluding steroid dienone is 1. The molecule has 0 aliphatic carbocycles. The van der Waals surface area contributed by atoms with Gasteiger partial charge in [-0.2, -0.15) is 0 Å². The van der Waals surface area contributed by atoms with E-state index >= 15 is 0 Å². The van der Waals surface area contributed by atoms with E-state index in [1.165, 1.54) is 11.8 Å². The first-order valence-corrected chi connectivity index (χ1v) is 13.1. The average molecular weight is 577 g/mol. The molecule has 0 aliphatic rings. The largest absolute Gasteiger partial charge is 0.342 e. The van der Waals surface area contributed by atoms with Gasteiger partial charge in [-0.05, 0) is 48.7 Å². The van der Waals surface area contributed by atoms with Gasteiger partial charge in [0.25, 0.3) is 5.91 Å². The lowest BCUT2D eigenvalue weighted by Gasteiger charge is -2.23. The summed E-state index contributed by atoms with van der Waals surface area (Å²) in [4.78, 5) is 25.5. The summed E-state index contributed by atoms with van der Waals surface area (Å²) in [5.41, 5.74) is 2.11. The van der Waals surface area contributed by atoms with Crippen LogP contribution >= 0.6 is 39.3 Å². The number of amides is 2. The third-order valence-corrected chi connectivity index (χ3v) is 6.99. The van der Waals surface area contributed by atoms with Gasteiger partial charge < -0.3 is 15.2 Å². The molecule has 0 radical (unpaired) electrons. The lowest BCUT2D eigenvalue weighted by Crippen LogP contribution is -2.34. The fourth-order valence-corrected chi connectivity index (χ4v) is 4.87. The molecule has 0 bridgehead atoms. The number of hydrogen-bond acceptors (Lipinski definition) is 5. The third kappa shape index (κ3) is 6.96. The molecule has 0 fully saturated rings. The molecule has 2 amide bonds. The van der Waals surface area contributed by atoms with E-state index < -0.39 is 6.04 Å². The second-order valence-corrected chi connectivity index (χ2v) is 10.5. The normalized spacial score (nSPS) is 11.8. The van der Waals surface area contributed by atoms with Crippen LogP contribution in [0.25, 0.3) is 0 Å². The van der Waals surface area contributed by atoms with Crippen molar-refractivity contribution < 1.29 is 9.59 Å². The standard InChI is InChI=1S/C25H27BrClN5O2S/c1-5-12-32-23(22(15(2)3)29-24(34)18-8-6-7-9-19(18)27)30-31-25(32)35-14-21(33)28-20-11-10-17(26)13-16(20)4/h5-11,13,15,22H,1,12,14H2,2-4H3,(H,28,33)(H,29,34). The third-order valence-electron chi connectivity index (χ3n) is 5.20. The van der Waals surface area contributed by atoms with Gasteiger partial charge in [-0.3, -0.25) is 9.59 Å². The summed E-state index contributed by atoms with van der Waals surface area (Å²) in [5, 5.41) is 15.6. The van der Waals surface area contributed by atoms with Gasteiger partial charge in [0.15, 0.2) is 11.0 Å². The number of nitrogens with one attached hydrogen (secondary N) is 2. The van der Waals surface area contributed by atoms with Crippen molar-refractivity contribution in [1.29, 1.82) is 0 Å². The maximum absolute atomic E-state index is 12.9. The predicted molar refractivity (Wildman–Crippen MR) is 145 cm³/mol. The van der Waals surface area contributed by atoms with Gasteiger partial charge in [-0.25, -0.2) is 0 Å². The fourth-order valence-electron chi connectivity index (χ4n) is 3.41. The highest BCUT2D eigenvalue weighted by atomic mass is 79.9. The molecule has 0 saturated heterocycles. The summed E-state index contributed by atoms with van der Waals surface area (Å²) >= 11 is 10.9. The molecular weight excluding hydrogens is 550 g/mol. The lowest BCUT2D eigenvalue weighted by atomic mass is 10.0. The van der Waals surface area contributed by atoms with Crippen LogP contribution in [0.3, 0.4) is 0 Å². The Morgan fingerprint density at radius 3 is 2.63 bits per heavy atom. The van der Waals surface area contributed by atoms with E-state index in [0.29, 0.717) is 28.1 Å². The van der Waals surface area contributed by atoms with Crippen LogP contribution in [0.2, 0.25) is 5.02 Å². The maximum atomic E-state index is 12.9. The SMILES string of the molecule is C=CCn1c(SCC(=O)Nc2ccc(Br)cc2C)nnc1C(NC(=O)c1ccccc1Cl)C(C)C. The number of thioether (sulfide) groups is 1. The smallest absolute Gasteiger partial charge is 0.253 e. The first-order chi connectivity index (χ1) is 16.7. The quantitative estimate of drug-likeness (QED) is 0.227. The molecule has 1 unspecified atom stereocenters. The number of carbonyl (C=O) groups excluding carboxylic acids is 2. The van der Waals surface area contributed by atoms with Gasteiger partial charge in [0, 0.05) is 16.7 Å². The molecule has 7 nitrogen and oxygen atoms in total. The number of aromatic nitrogens is 3. The topological polar surface area (TPSA) is 88.9 Å². The molecule has 0 aliphatic heterocycles. The molecule has 184 valence electrons. The predicted octanol–water partition coefficient (Wildman–Crippen LogP) is 6.05. The lowest BCUT2D eigenvalue weighted by molar-refractivity contribution is -0.113. The van der Waals surface area contributed by atoms with Crippen molar-refractivity contribution in [2.24, 2.45) is 5.92 Å². The summed E-state index contributed by atoms with van der Waals surface area (Å²) in [6.07, 6.45) is 1.73. The summed E-state index contributed by atoms with van der Waals surface area (Å²) < 4.78 is 2.82. The Labute approximate surface area is 222 Å². The summed E-state index contributed by atoms with van der Waals surface area (Å²) in [5.74, 6) is 0.328. The van der Waals surface area contributed by atoms with Crippen LogP contribution in [-0.2, 0) is 11.3 Å². The van der Waals surface area contributed by atoms with E-state index in [1.54, 1.807) is 30.3 Å². The van der Waals surface area contributed by atoms with Crippen molar-refractivity contribution in [3.63, 3.8) is 0 Å². The van der Waals surface area contributed by atoms with E-state index in [9.17, 15) is 9.59 Å². The van der Waals surface area contributed by atoms with E-state index in [0.717, 1.165) is 15.7 Å². The molecule has 2 N–H and O–H groups in total. The Hall–Kier alpha value is -2.62. The first-order valence-electron chi connectivity index (χ1n) is 11.0. The van der Waals surface area contributed by atoms with Crippen molar-refractivity contribution in [3.8, 4) is 0 Å².